The molecule has 0 aliphatic rings. The molecule has 164 valence electrons. The zero-order valence-corrected chi connectivity index (χ0v) is 19.3. The van der Waals surface area contributed by atoms with E-state index in [0.29, 0.717) is 35.3 Å². The van der Waals surface area contributed by atoms with E-state index in [4.69, 9.17) is 21.1 Å². The van der Waals surface area contributed by atoms with Crippen molar-refractivity contribution in [3.8, 4) is 17.6 Å². The van der Waals surface area contributed by atoms with Crippen LogP contribution in [0.4, 0.5) is 0 Å². The summed E-state index contributed by atoms with van der Waals surface area (Å²) in [6, 6.07) is 20.5. The lowest BCUT2D eigenvalue weighted by molar-refractivity contribution is 0.269. The Morgan fingerprint density at radius 1 is 1.00 bits per heavy atom. The Bertz CT molecular complexity index is 1260. The first-order valence-electron chi connectivity index (χ1n) is 9.91. The highest BCUT2D eigenvalue weighted by Gasteiger charge is 2.21. The molecule has 0 heterocycles. The van der Waals surface area contributed by atoms with Crippen LogP contribution in [-0.4, -0.2) is 15.0 Å². The van der Waals surface area contributed by atoms with Gasteiger partial charge in [-0.2, -0.15) is 5.26 Å². The fourth-order valence-corrected chi connectivity index (χ4v) is 4.20. The van der Waals surface area contributed by atoms with Gasteiger partial charge in [0.15, 0.2) is 11.5 Å². The lowest BCUT2D eigenvalue weighted by Gasteiger charge is -2.13. The SMILES string of the molecule is CCOc1cc(C=C(C#N)S(=O)(=O)c2ccc(C)cc2)ccc1OCc1ccc(Cl)cc1. The third kappa shape index (κ3) is 5.70. The van der Waals surface area contributed by atoms with Gasteiger partial charge in [-0.1, -0.05) is 47.5 Å². The monoisotopic (exact) mass is 467 g/mol. The molecule has 0 radical (unpaired) electrons. The first kappa shape index (κ1) is 23.4. The molecule has 0 bridgehead atoms. The second-order valence-electron chi connectivity index (χ2n) is 6.99. The van der Waals surface area contributed by atoms with Crippen molar-refractivity contribution in [2.24, 2.45) is 0 Å². The maximum atomic E-state index is 12.9. The van der Waals surface area contributed by atoms with E-state index in [0.717, 1.165) is 11.1 Å². The molecule has 32 heavy (non-hydrogen) atoms. The van der Waals surface area contributed by atoms with Crippen molar-refractivity contribution in [1.29, 1.82) is 5.26 Å². The van der Waals surface area contributed by atoms with Crippen molar-refractivity contribution in [1.82, 2.24) is 0 Å². The minimum Gasteiger partial charge on any atom is -0.490 e. The average molecular weight is 468 g/mol. The standard InChI is InChI=1S/C25H22ClNO4S/c1-3-30-25-15-20(8-13-24(25)31-17-19-6-9-21(26)10-7-19)14-23(16-27)32(28,29)22-11-4-18(2)5-12-22/h4-15H,3,17H2,1-2H3. The number of aryl methyl sites for hydroxylation is 1. The number of sulfone groups is 1. The van der Waals surface area contributed by atoms with Crippen LogP contribution in [0.3, 0.4) is 0 Å². The predicted molar refractivity (Wildman–Crippen MR) is 125 cm³/mol. The van der Waals surface area contributed by atoms with Crippen molar-refractivity contribution in [2.75, 3.05) is 6.61 Å². The fourth-order valence-electron chi connectivity index (χ4n) is 2.91. The zero-order chi connectivity index (χ0) is 23.1. The van der Waals surface area contributed by atoms with Crippen molar-refractivity contribution in [3.05, 3.63) is 93.3 Å². The van der Waals surface area contributed by atoms with Gasteiger partial charge in [0.2, 0.25) is 9.84 Å². The molecular weight excluding hydrogens is 446 g/mol. The topological polar surface area (TPSA) is 76.4 Å². The molecule has 0 aliphatic carbocycles. The Hall–Kier alpha value is -3.27. The molecule has 0 N–H and O–H groups in total. The molecule has 0 saturated carbocycles. The van der Waals surface area contributed by atoms with Gasteiger partial charge in [0.1, 0.15) is 17.6 Å². The van der Waals surface area contributed by atoms with E-state index in [1.54, 1.807) is 42.5 Å². The summed E-state index contributed by atoms with van der Waals surface area (Å²) in [7, 11) is -3.93. The highest BCUT2D eigenvalue weighted by molar-refractivity contribution is 7.95. The number of benzene rings is 3. The van der Waals surface area contributed by atoms with Crippen LogP contribution in [0.5, 0.6) is 11.5 Å². The lowest BCUT2D eigenvalue weighted by atomic mass is 10.2. The van der Waals surface area contributed by atoms with Crippen LogP contribution >= 0.6 is 11.6 Å². The van der Waals surface area contributed by atoms with Crippen LogP contribution in [0.2, 0.25) is 5.02 Å². The Kier molecular flexibility index (Phi) is 7.57. The smallest absolute Gasteiger partial charge is 0.216 e. The molecule has 0 unspecified atom stereocenters. The van der Waals surface area contributed by atoms with Crippen LogP contribution in [0.25, 0.3) is 6.08 Å². The number of rotatable bonds is 8. The molecule has 5 nitrogen and oxygen atoms in total. The number of hydrogen-bond acceptors (Lipinski definition) is 5. The Labute approximate surface area is 193 Å². The van der Waals surface area contributed by atoms with E-state index < -0.39 is 9.84 Å². The van der Waals surface area contributed by atoms with Gasteiger partial charge in [0.25, 0.3) is 0 Å². The van der Waals surface area contributed by atoms with Crippen LogP contribution in [0, 0.1) is 18.3 Å². The summed E-state index contributed by atoms with van der Waals surface area (Å²) in [6.45, 7) is 4.42. The van der Waals surface area contributed by atoms with Gasteiger partial charge < -0.3 is 9.47 Å². The molecule has 0 saturated heterocycles. The first-order valence-corrected chi connectivity index (χ1v) is 11.8. The second-order valence-corrected chi connectivity index (χ2v) is 9.35. The number of halogens is 1. The Balaban J connectivity index is 1.88. The van der Waals surface area contributed by atoms with Gasteiger partial charge >= 0.3 is 0 Å². The second kappa shape index (κ2) is 10.4. The molecule has 0 amide bonds. The largest absolute Gasteiger partial charge is 0.490 e. The summed E-state index contributed by atoms with van der Waals surface area (Å²) in [6.07, 6.45) is 1.33. The highest BCUT2D eigenvalue weighted by Crippen LogP contribution is 2.31. The van der Waals surface area contributed by atoms with E-state index in [1.165, 1.54) is 18.2 Å². The number of hydrogen-bond donors (Lipinski definition) is 0. The van der Waals surface area contributed by atoms with Crippen LogP contribution in [0.1, 0.15) is 23.6 Å². The Morgan fingerprint density at radius 2 is 1.69 bits per heavy atom. The third-order valence-corrected chi connectivity index (χ3v) is 6.54. The van der Waals surface area contributed by atoms with Crippen molar-refractivity contribution >= 4 is 27.5 Å². The highest BCUT2D eigenvalue weighted by atomic mass is 35.5. The van der Waals surface area contributed by atoms with Gasteiger partial charge in [-0.05, 0) is 67.4 Å². The maximum absolute atomic E-state index is 12.9. The van der Waals surface area contributed by atoms with Crippen LogP contribution in [0.15, 0.2) is 76.5 Å². The lowest BCUT2D eigenvalue weighted by Crippen LogP contribution is -2.04. The summed E-state index contributed by atoms with van der Waals surface area (Å²) in [5.41, 5.74) is 2.39. The number of allylic oxidation sites excluding steroid dienone is 1. The molecule has 0 atom stereocenters. The number of ether oxygens (including phenoxy) is 2. The molecule has 0 aromatic heterocycles. The molecule has 0 fully saturated rings. The molecule has 3 rings (SSSR count). The van der Waals surface area contributed by atoms with Crippen molar-refractivity contribution in [3.63, 3.8) is 0 Å². The third-order valence-electron chi connectivity index (χ3n) is 4.60. The van der Waals surface area contributed by atoms with Gasteiger partial charge in [-0.3, -0.25) is 0 Å². The average Bonchev–Trinajstić information content (AvgIpc) is 2.78. The van der Waals surface area contributed by atoms with Gasteiger partial charge in [0.05, 0.1) is 11.5 Å². The fraction of sp³-hybridized carbons (Fsp3) is 0.160. The first-order chi connectivity index (χ1) is 15.3. The predicted octanol–water partition coefficient (Wildman–Crippen LogP) is 5.96. The molecule has 0 aliphatic heterocycles. The van der Waals surface area contributed by atoms with Crippen molar-refractivity contribution < 1.29 is 17.9 Å². The minimum absolute atomic E-state index is 0.0730. The van der Waals surface area contributed by atoms with E-state index in [1.807, 2.05) is 32.0 Å². The summed E-state index contributed by atoms with van der Waals surface area (Å²) >= 11 is 5.91. The maximum Gasteiger partial charge on any atom is 0.216 e. The minimum atomic E-state index is -3.93. The number of nitrogens with zero attached hydrogens (tertiary/aromatic N) is 1. The van der Waals surface area contributed by atoms with E-state index >= 15 is 0 Å². The summed E-state index contributed by atoms with van der Waals surface area (Å²) in [5, 5.41) is 10.2. The number of nitriles is 1. The molecule has 3 aromatic rings. The van der Waals surface area contributed by atoms with Gasteiger partial charge in [-0.25, -0.2) is 8.42 Å². The molecular formula is C25H22ClNO4S. The normalized spacial score (nSPS) is 11.6. The Morgan fingerprint density at radius 3 is 2.31 bits per heavy atom. The van der Waals surface area contributed by atoms with Gasteiger partial charge in [-0.15, -0.1) is 0 Å². The summed E-state index contributed by atoms with van der Waals surface area (Å²) in [5.74, 6) is 0.971. The molecule has 3 aromatic carbocycles. The van der Waals surface area contributed by atoms with E-state index in [-0.39, 0.29) is 9.80 Å². The van der Waals surface area contributed by atoms with Crippen molar-refractivity contribution in [2.45, 2.75) is 25.3 Å². The summed E-state index contributed by atoms with van der Waals surface area (Å²) < 4.78 is 37.3. The van der Waals surface area contributed by atoms with E-state index in [2.05, 4.69) is 0 Å². The molecule has 0 spiro atoms. The molecule has 7 heteroatoms. The van der Waals surface area contributed by atoms with Crippen LogP contribution < -0.4 is 9.47 Å². The zero-order valence-electron chi connectivity index (χ0n) is 17.7. The van der Waals surface area contributed by atoms with Gasteiger partial charge in [0, 0.05) is 5.02 Å². The quantitative estimate of drug-likeness (QED) is 0.382. The van der Waals surface area contributed by atoms with E-state index in [9.17, 15) is 13.7 Å². The summed E-state index contributed by atoms with van der Waals surface area (Å²) in [4.78, 5) is -0.275. The van der Waals surface area contributed by atoms with Crippen LogP contribution in [-0.2, 0) is 16.4 Å².